The van der Waals surface area contributed by atoms with Crippen molar-refractivity contribution in [3.05, 3.63) is 29.8 Å². The van der Waals surface area contributed by atoms with E-state index in [4.69, 9.17) is 9.84 Å². The van der Waals surface area contributed by atoms with E-state index in [-0.39, 0.29) is 37.7 Å². The summed E-state index contributed by atoms with van der Waals surface area (Å²) in [5.41, 5.74) is 1.15. The highest BCUT2D eigenvalue weighted by Gasteiger charge is 2.08. The van der Waals surface area contributed by atoms with Crippen LogP contribution in [0.2, 0.25) is 0 Å². The molecule has 1 aromatic rings. The van der Waals surface area contributed by atoms with Crippen molar-refractivity contribution in [2.75, 3.05) is 18.5 Å². The number of ether oxygens (including phenoxy) is 1. The second-order valence-electron chi connectivity index (χ2n) is 4.83. The maximum atomic E-state index is 11.7. The van der Waals surface area contributed by atoms with Crippen molar-refractivity contribution in [2.45, 2.75) is 32.6 Å². The summed E-state index contributed by atoms with van der Waals surface area (Å²) in [4.78, 5) is 34.2. The Labute approximate surface area is 129 Å². The van der Waals surface area contributed by atoms with Crippen LogP contribution in [0.25, 0.3) is 0 Å². The molecule has 120 valence electrons. The number of rotatable bonds is 9. The Bertz CT molecular complexity index is 510. The van der Waals surface area contributed by atoms with Crippen molar-refractivity contribution in [3.63, 3.8) is 0 Å². The lowest BCUT2D eigenvalue weighted by molar-refractivity contribution is -0.144. The highest BCUT2D eigenvalue weighted by molar-refractivity contribution is 5.96. The second-order valence-corrected chi connectivity index (χ2v) is 4.83. The molecule has 0 saturated carbocycles. The number of anilines is 1. The largest absolute Gasteiger partial charge is 0.466 e. The molecule has 0 heterocycles. The molecule has 2 N–H and O–H groups in total. The molecule has 1 aromatic carbocycles. The zero-order valence-corrected chi connectivity index (χ0v) is 12.6. The number of benzene rings is 1. The summed E-state index contributed by atoms with van der Waals surface area (Å²) in [6.45, 7) is 1.80. The first kappa shape index (κ1) is 17.8. The van der Waals surface area contributed by atoms with Gasteiger partial charge in [-0.3, -0.25) is 14.4 Å². The summed E-state index contributed by atoms with van der Waals surface area (Å²) >= 11 is 0. The van der Waals surface area contributed by atoms with Crippen LogP contribution in [-0.2, 0) is 14.3 Å². The van der Waals surface area contributed by atoms with Gasteiger partial charge in [0.25, 0.3) is 0 Å². The highest BCUT2D eigenvalue weighted by Crippen LogP contribution is 2.10. The quantitative estimate of drug-likeness (QED) is 0.413. The average molecular weight is 307 g/mol. The third-order valence-electron chi connectivity index (χ3n) is 2.95. The summed E-state index contributed by atoms with van der Waals surface area (Å²) in [5, 5.41) is 11.2. The summed E-state index contributed by atoms with van der Waals surface area (Å²) < 4.78 is 4.92. The van der Waals surface area contributed by atoms with Crippen LogP contribution in [0.15, 0.2) is 24.3 Å². The molecular formula is C16H21NO5. The molecule has 0 bridgehead atoms. The van der Waals surface area contributed by atoms with Gasteiger partial charge in [-0.2, -0.15) is 0 Å². The SMILES string of the molecule is CC(=O)c1ccc(NC(=O)CCC(=O)OCCCCO)cc1. The van der Waals surface area contributed by atoms with Gasteiger partial charge in [-0.1, -0.05) is 0 Å². The molecule has 6 nitrogen and oxygen atoms in total. The second kappa shape index (κ2) is 9.68. The van der Waals surface area contributed by atoms with Crippen LogP contribution in [0.4, 0.5) is 5.69 Å². The predicted octanol–water partition coefficient (Wildman–Crippen LogP) is 1.92. The van der Waals surface area contributed by atoms with Gasteiger partial charge in [0, 0.05) is 24.3 Å². The molecule has 0 aromatic heterocycles. The topological polar surface area (TPSA) is 92.7 Å². The number of carbonyl (C=O) groups is 3. The number of ketones is 1. The number of esters is 1. The van der Waals surface area contributed by atoms with Crippen molar-refractivity contribution in [3.8, 4) is 0 Å². The molecule has 1 rings (SSSR count). The zero-order chi connectivity index (χ0) is 16.4. The van der Waals surface area contributed by atoms with E-state index in [1.165, 1.54) is 6.92 Å². The van der Waals surface area contributed by atoms with E-state index in [1.54, 1.807) is 24.3 Å². The number of unbranched alkanes of at least 4 members (excludes halogenated alkanes) is 1. The van der Waals surface area contributed by atoms with Crippen LogP contribution < -0.4 is 5.32 Å². The van der Waals surface area contributed by atoms with Crippen LogP contribution in [-0.4, -0.2) is 36.0 Å². The standard InChI is InChI=1S/C16H21NO5/c1-12(19)13-4-6-14(7-5-13)17-15(20)8-9-16(21)22-11-3-2-10-18/h4-7,18H,2-3,8-11H2,1H3,(H,17,20). The van der Waals surface area contributed by atoms with Crippen molar-refractivity contribution in [1.29, 1.82) is 0 Å². The van der Waals surface area contributed by atoms with E-state index in [2.05, 4.69) is 5.32 Å². The fraction of sp³-hybridized carbons (Fsp3) is 0.438. The molecule has 0 aliphatic carbocycles. The van der Waals surface area contributed by atoms with Crippen LogP contribution in [0, 0.1) is 0 Å². The maximum absolute atomic E-state index is 11.7. The van der Waals surface area contributed by atoms with Crippen LogP contribution in [0.1, 0.15) is 43.0 Å². The minimum Gasteiger partial charge on any atom is -0.466 e. The average Bonchev–Trinajstić information content (AvgIpc) is 2.50. The molecular weight excluding hydrogens is 286 g/mol. The van der Waals surface area contributed by atoms with Gasteiger partial charge in [0.05, 0.1) is 13.0 Å². The lowest BCUT2D eigenvalue weighted by atomic mass is 10.1. The first-order chi connectivity index (χ1) is 10.5. The minimum atomic E-state index is -0.431. The Kier molecular flexibility index (Phi) is 7.85. The first-order valence-electron chi connectivity index (χ1n) is 7.20. The Morgan fingerprint density at radius 2 is 1.77 bits per heavy atom. The molecule has 0 aliphatic rings. The summed E-state index contributed by atoms with van der Waals surface area (Å²) in [6.07, 6.45) is 1.24. The van der Waals surface area contributed by atoms with Gasteiger partial charge >= 0.3 is 5.97 Å². The lowest BCUT2D eigenvalue weighted by Gasteiger charge is -2.06. The number of hydrogen-bond acceptors (Lipinski definition) is 5. The van der Waals surface area contributed by atoms with Gasteiger partial charge in [0.15, 0.2) is 5.78 Å². The number of aliphatic hydroxyl groups excluding tert-OH is 1. The Hall–Kier alpha value is -2.21. The van der Waals surface area contributed by atoms with Crippen molar-refractivity contribution in [2.24, 2.45) is 0 Å². The molecule has 0 saturated heterocycles. The van der Waals surface area contributed by atoms with E-state index in [0.717, 1.165) is 0 Å². The normalized spacial score (nSPS) is 10.1. The van der Waals surface area contributed by atoms with Gasteiger partial charge in [-0.25, -0.2) is 0 Å². The van der Waals surface area contributed by atoms with Gasteiger partial charge < -0.3 is 15.2 Å². The molecule has 0 radical (unpaired) electrons. The Morgan fingerprint density at radius 3 is 2.36 bits per heavy atom. The van der Waals surface area contributed by atoms with Crippen LogP contribution in [0.3, 0.4) is 0 Å². The fourth-order valence-corrected chi connectivity index (χ4v) is 1.70. The molecule has 0 unspecified atom stereocenters. The lowest BCUT2D eigenvalue weighted by Crippen LogP contribution is -2.15. The smallest absolute Gasteiger partial charge is 0.306 e. The fourth-order valence-electron chi connectivity index (χ4n) is 1.70. The number of nitrogens with one attached hydrogen (secondary N) is 1. The number of Topliss-reactive ketones (excluding diaryl/α,β-unsaturated/α-hetero) is 1. The third-order valence-corrected chi connectivity index (χ3v) is 2.95. The molecule has 1 amide bonds. The number of amides is 1. The molecule has 0 aliphatic heterocycles. The molecule has 6 heteroatoms. The van der Waals surface area contributed by atoms with Crippen molar-refractivity contribution in [1.82, 2.24) is 0 Å². The monoisotopic (exact) mass is 307 g/mol. The Morgan fingerprint density at radius 1 is 1.09 bits per heavy atom. The first-order valence-corrected chi connectivity index (χ1v) is 7.20. The van der Waals surface area contributed by atoms with Gasteiger partial charge in [0.2, 0.25) is 5.91 Å². The van der Waals surface area contributed by atoms with Gasteiger partial charge in [0.1, 0.15) is 0 Å². The number of carbonyl (C=O) groups excluding carboxylic acids is 3. The zero-order valence-electron chi connectivity index (χ0n) is 12.6. The van der Waals surface area contributed by atoms with E-state index in [9.17, 15) is 14.4 Å². The Balaban J connectivity index is 2.28. The molecule has 0 fully saturated rings. The predicted molar refractivity (Wildman–Crippen MR) is 81.6 cm³/mol. The van der Waals surface area contributed by atoms with E-state index < -0.39 is 5.97 Å². The minimum absolute atomic E-state index is 0.0104. The van der Waals surface area contributed by atoms with Crippen LogP contribution in [0.5, 0.6) is 0 Å². The molecule has 0 spiro atoms. The van der Waals surface area contributed by atoms with Gasteiger partial charge in [-0.05, 0) is 44.0 Å². The third kappa shape index (κ3) is 6.99. The van der Waals surface area contributed by atoms with Crippen LogP contribution >= 0.6 is 0 Å². The van der Waals surface area contributed by atoms with Crippen molar-refractivity contribution >= 4 is 23.3 Å². The van der Waals surface area contributed by atoms with Crippen molar-refractivity contribution < 1.29 is 24.2 Å². The summed E-state index contributed by atoms with van der Waals surface area (Å²) in [6, 6.07) is 6.55. The number of aliphatic hydroxyl groups is 1. The molecule has 0 atom stereocenters. The summed E-state index contributed by atoms with van der Waals surface area (Å²) in [7, 11) is 0. The number of hydrogen-bond donors (Lipinski definition) is 2. The van der Waals surface area contributed by atoms with Gasteiger partial charge in [-0.15, -0.1) is 0 Å². The highest BCUT2D eigenvalue weighted by atomic mass is 16.5. The van der Waals surface area contributed by atoms with E-state index in [1.807, 2.05) is 0 Å². The van der Waals surface area contributed by atoms with E-state index in [0.29, 0.717) is 24.1 Å². The maximum Gasteiger partial charge on any atom is 0.306 e. The summed E-state index contributed by atoms with van der Waals surface area (Å²) in [5.74, 6) is -0.760. The molecule has 22 heavy (non-hydrogen) atoms. The van der Waals surface area contributed by atoms with E-state index >= 15 is 0 Å².